The molecule has 0 saturated carbocycles. The molecule has 0 fully saturated rings. The number of rotatable bonds is 8. The number of hydrogen-bond donors (Lipinski definition) is 0. The van der Waals surface area contributed by atoms with Crippen LogP contribution < -0.4 is 0 Å². The van der Waals surface area contributed by atoms with Gasteiger partial charge in [0.1, 0.15) is 0 Å². The van der Waals surface area contributed by atoms with Crippen molar-refractivity contribution < 1.29 is 0 Å². The molecule has 0 spiro atoms. The van der Waals surface area contributed by atoms with Crippen molar-refractivity contribution in [2.24, 2.45) is 0 Å². The molecule has 4 nitrogen and oxygen atoms in total. The highest BCUT2D eigenvalue weighted by Crippen LogP contribution is 2.44. The van der Waals surface area contributed by atoms with E-state index in [1.807, 2.05) is 23.5 Å². The van der Waals surface area contributed by atoms with E-state index in [0.717, 1.165) is 44.5 Å². The Morgan fingerprint density at radius 2 is 0.694 bits per heavy atom. The molecule has 0 aliphatic rings. The van der Waals surface area contributed by atoms with Crippen LogP contribution in [0.2, 0.25) is 0 Å². The van der Waals surface area contributed by atoms with Gasteiger partial charge in [-0.2, -0.15) is 0 Å². The van der Waals surface area contributed by atoms with Crippen molar-refractivity contribution in [3.63, 3.8) is 0 Å². The van der Waals surface area contributed by atoms with Gasteiger partial charge in [-0.1, -0.05) is 206 Å². The summed E-state index contributed by atoms with van der Waals surface area (Å²) in [4.78, 5) is 15.4. The first-order valence-electron chi connectivity index (χ1n) is 24.3. The summed E-state index contributed by atoms with van der Waals surface area (Å²) < 4.78 is 5.02. The Bertz CT molecular complexity index is 4250. The third-order valence-corrected chi connectivity index (χ3v) is 15.3. The fourth-order valence-corrected chi connectivity index (χ4v) is 11.8. The van der Waals surface area contributed by atoms with Crippen LogP contribution in [-0.4, -0.2) is 19.5 Å². The minimum Gasteiger partial charge on any atom is -0.309 e. The summed E-state index contributed by atoms with van der Waals surface area (Å²) in [7, 11) is 0. The SMILES string of the molecule is c1ccc(-c2ccc(-c3nc(-c4ccc(-c5ccccc5)cc4)nc(-c4ccc(-n5c6ccccc6c6cc(-c7cccc8c(-c9cccc%10c9sc9ccccc9%10)cccc78)ccc65)cc4)n3)cc2)cc1. The van der Waals surface area contributed by atoms with E-state index in [1.165, 1.54) is 75.1 Å². The van der Waals surface area contributed by atoms with E-state index in [-0.39, 0.29) is 0 Å². The smallest absolute Gasteiger partial charge is 0.164 e. The van der Waals surface area contributed by atoms with Crippen LogP contribution in [0.15, 0.2) is 255 Å². The number of thiophene rings is 1. The molecule has 0 radical (unpaired) electrons. The molecular formula is C67H42N4S. The van der Waals surface area contributed by atoms with Crippen LogP contribution in [0, 0.1) is 0 Å². The molecule has 0 unspecified atom stereocenters. The highest BCUT2D eigenvalue weighted by atomic mass is 32.1. The lowest BCUT2D eigenvalue weighted by atomic mass is 9.92. The molecule has 14 aromatic rings. The number of para-hydroxylation sites is 1. The van der Waals surface area contributed by atoms with E-state index >= 15 is 0 Å². The maximum atomic E-state index is 5.14. The van der Waals surface area contributed by atoms with Crippen LogP contribution in [0.4, 0.5) is 0 Å². The molecule has 72 heavy (non-hydrogen) atoms. The summed E-state index contributed by atoms with van der Waals surface area (Å²) in [5.41, 5.74) is 15.7. The van der Waals surface area contributed by atoms with Crippen LogP contribution >= 0.6 is 11.3 Å². The Hall–Kier alpha value is -9.29. The molecule has 336 valence electrons. The molecule has 3 heterocycles. The van der Waals surface area contributed by atoms with Gasteiger partial charge in [0, 0.05) is 58.9 Å². The molecule has 0 atom stereocenters. The van der Waals surface area contributed by atoms with E-state index in [1.54, 1.807) is 0 Å². The highest BCUT2D eigenvalue weighted by Gasteiger charge is 2.18. The second-order valence-corrected chi connectivity index (χ2v) is 19.4. The first-order chi connectivity index (χ1) is 35.7. The maximum Gasteiger partial charge on any atom is 0.164 e. The van der Waals surface area contributed by atoms with Gasteiger partial charge < -0.3 is 4.57 Å². The fraction of sp³-hybridized carbons (Fsp3) is 0. The van der Waals surface area contributed by atoms with Gasteiger partial charge >= 0.3 is 0 Å². The molecule has 3 aromatic heterocycles. The molecule has 0 amide bonds. The zero-order valence-corrected chi connectivity index (χ0v) is 39.8. The monoisotopic (exact) mass is 934 g/mol. The second-order valence-electron chi connectivity index (χ2n) is 18.3. The van der Waals surface area contributed by atoms with Crippen molar-refractivity contribution in [2.45, 2.75) is 0 Å². The minimum atomic E-state index is 0.617. The summed E-state index contributed by atoms with van der Waals surface area (Å²) in [6, 6.07) is 91.2. The Balaban J connectivity index is 0.842. The van der Waals surface area contributed by atoms with Crippen molar-refractivity contribution in [2.75, 3.05) is 0 Å². The topological polar surface area (TPSA) is 43.6 Å². The molecule has 11 aromatic carbocycles. The Kier molecular flexibility index (Phi) is 10.0. The van der Waals surface area contributed by atoms with Crippen molar-refractivity contribution >= 4 is 64.1 Å². The van der Waals surface area contributed by atoms with E-state index in [0.29, 0.717) is 17.5 Å². The van der Waals surface area contributed by atoms with Crippen LogP contribution in [0.25, 0.3) is 137 Å². The van der Waals surface area contributed by atoms with Crippen molar-refractivity contribution in [1.82, 2.24) is 19.5 Å². The third-order valence-electron chi connectivity index (χ3n) is 14.1. The molecule has 14 rings (SSSR count). The van der Waals surface area contributed by atoms with Crippen molar-refractivity contribution in [3.8, 4) is 84.4 Å². The Labute approximate surface area is 420 Å². The van der Waals surface area contributed by atoms with Gasteiger partial charge in [-0.05, 0) is 98.2 Å². The van der Waals surface area contributed by atoms with E-state index in [2.05, 4.69) is 247 Å². The van der Waals surface area contributed by atoms with Crippen LogP contribution in [0.5, 0.6) is 0 Å². The number of nitrogens with zero attached hydrogens (tertiary/aromatic N) is 4. The maximum absolute atomic E-state index is 5.14. The lowest BCUT2D eigenvalue weighted by molar-refractivity contribution is 1.07. The Morgan fingerprint density at radius 3 is 1.32 bits per heavy atom. The van der Waals surface area contributed by atoms with Crippen molar-refractivity contribution in [3.05, 3.63) is 255 Å². The molecule has 0 aliphatic heterocycles. The van der Waals surface area contributed by atoms with Crippen LogP contribution in [-0.2, 0) is 0 Å². The number of aromatic nitrogens is 4. The van der Waals surface area contributed by atoms with E-state index < -0.39 is 0 Å². The van der Waals surface area contributed by atoms with E-state index in [9.17, 15) is 0 Å². The first kappa shape index (κ1) is 41.7. The van der Waals surface area contributed by atoms with Gasteiger partial charge in [0.25, 0.3) is 0 Å². The van der Waals surface area contributed by atoms with Gasteiger partial charge in [-0.25, -0.2) is 15.0 Å². The Morgan fingerprint density at radius 1 is 0.264 bits per heavy atom. The van der Waals surface area contributed by atoms with Crippen LogP contribution in [0.3, 0.4) is 0 Å². The third kappa shape index (κ3) is 7.17. The summed E-state index contributed by atoms with van der Waals surface area (Å²) in [6.07, 6.45) is 0. The lowest BCUT2D eigenvalue weighted by Crippen LogP contribution is -2.00. The predicted octanol–water partition coefficient (Wildman–Crippen LogP) is 18.2. The van der Waals surface area contributed by atoms with Crippen LogP contribution in [0.1, 0.15) is 0 Å². The van der Waals surface area contributed by atoms with Gasteiger partial charge in [-0.3, -0.25) is 0 Å². The molecule has 0 aliphatic carbocycles. The number of fused-ring (bicyclic) bond motifs is 7. The first-order valence-corrected chi connectivity index (χ1v) is 25.1. The van der Waals surface area contributed by atoms with Gasteiger partial charge in [0.05, 0.1) is 11.0 Å². The zero-order chi connectivity index (χ0) is 47.5. The highest BCUT2D eigenvalue weighted by molar-refractivity contribution is 7.26. The average molecular weight is 935 g/mol. The van der Waals surface area contributed by atoms with Gasteiger partial charge in [0.15, 0.2) is 17.5 Å². The van der Waals surface area contributed by atoms with E-state index in [4.69, 9.17) is 15.0 Å². The molecule has 0 saturated heterocycles. The normalized spacial score (nSPS) is 11.6. The summed E-state index contributed by atoms with van der Waals surface area (Å²) in [6.45, 7) is 0. The molecular weight excluding hydrogens is 893 g/mol. The summed E-state index contributed by atoms with van der Waals surface area (Å²) in [5, 5.41) is 7.54. The largest absolute Gasteiger partial charge is 0.309 e. The molecule has 5 heteroatoms. The number of hydrogen-bond acceptors (Lipinski definition) is 4. The quantitative estimate of drug-likeness (QED) is 0.152. The standard InChI is InChI=1S/C67H42N4S/c1-3-14-43(15-4-1)45-28-32-47(33-29-45)65-68-66(48-34-30-46(31-35-48)44-16-5-2-6-17-44)70-67(69-65)49-36-39-51(40-37-49)71-61-26-9-7-18-56(61)60-42-50(38-41-62(60)71)52-20-11-22-54-53(52)21-12-23-55(54)58-24-13-25-59-57-19-8-10-27-63(57)72-64(58)59/h1-42H. The summed E-state index contributed by atoms with van der Waals surface area (Å²) in [5.74, 6) is 1.87. The molecule has 0 N–H and O–H groups in total. The fourth-order valence-electron chi connectivity index (χ4n) is 10.6. The number of benzene rings is 11. The summed E-state index contributed by atoms with van der Waals surface area (Å²) >= 11 is 1.88. The molecule has 0 bridgehead atoms. The van der Waals surface area contributed by atoms with Gasteiger partial charge in [-0.15, -0.1) is 11.3 Å². The minimum absolute atomic E-state index is 0.617. The lowest BCUT2D eigenvalue weighted by Gasteiger charge is -2.13. The average Bonchev–Trinajstić information content (AvgIpc) is 4.01. The zero-order valence-electron chi connectivity index (χ0n) is 38.9. The second kappa shape index (κ2) is 17.3. The van der Waals surface area contributed by atoms with Crippen molar-refractivity contribution in [1.29, 1.82) is 0 Å². The van der Waals surface area contributed by atoms with Gasteiger partial charge in [0.2, 0.25) is 0 Å². The predicted molar refractivity (Wildman–Crippen MR) is 303 cm³/mol.